The predicted octanol–water partition coefficient (Wildman–Crippen LogP) is 2.11. The molecule has 0 unspecified atom stereocenters. The van der Waals surface area contributed by atoms with Crippen molar-refractivity contribution in [3.8, 4) is 0 Å². The van der Waals surface area contributed by atoms with Gasteiger partial charge in [0, 0.05) is 12.4 Å². The first kappa shape index (κ1) is 12.0. The highest BCUT2D eigenvalue weighted by atomic mass is 16.2. The minimum absolute atomic E-state index is 0.294. The van der Waals surface area contributed by atoms with Crippen molar-refractivity contribution in [2.45, 2.75) is 13.5 Å². The Morgan fingerprint density at radius 1 is 1.22 bits per heavy atom. The molecule has 0 saturated carbocycles. The lowest BCUT2D eigenvalue weighted by molar-refractivity contribution is 0.251. The van der Waals surface area contributed by atoms with Crippen molar-refractivity contribution in [3.05, 3.63) is 54.0 Å². The van der Waals surface area contributed by atoms with Crippen molar-refractivity contribution in [2.24, 2.45) is 0 Å². The van der Waals surface area contributed by atoms with Crippen molar-refractivity contribution in [1.82, 2.24) is 15.3 Å². The Labute approximate surface area is 105 Å². The van der Waals surface area contributed by atoms with Crippen LogP contribution in [0.2, 0.25) is 0 Å². The summed E-state index contributed by atoms with van der Waals surface area (Å²) >= 11 is 0. The third-order valence-electron chi connectivity index (χ3n) is 2.31. The Morgan fingerprint density at radius 3 is 2.78 bits per heavy atom. The van der Waals surface area contributed by atoms with Crippen molar-refractivity contribution in [1.29, 1.82) is 0 Å². The van der Waals surface area contributed by atoms with Crippen LogP contribution in [0.15, 0.2) is 42.7 Å². The first-order chi connectivity index (χ1) is 8.74. The van der Waals surface area contributed by atoms with E-state index in [0.717, 1.165) is 11.3 Å². The highest BCUT2D eigenvalue weighted by Crippen LogP contribution is 2.03. The molecule has 18 heavy (non-hydrogen) atoms. The van der Waals surface area contributed by atoms with Gasteiger partial charge in [0.2, 0.25) is 0 Å². The molecular formula is C13H14N4O. The van der Waals surface area contributed by atoms with Crippen LogP contribution in [0.5, 0.6) is 0 Å². The second-order valence-corrected chi connectivity index (χ2v) is 3.85. The molecule has 0 atom stereocenters. The monoisotopic (exact) mass is 242 g/mol. The summed E-state index contributed by atoms with van der Waals surface area (Å²) in [6.07, 6.45) is 3.39. The van der Waals surface area contributed by atoms with E-state index in [-0.39, 0.29) is 6.03 Å². The second-order valence-electron chi connectivity index (χ2n) is 3.85. The van der Waals surface area contributed by atoms with Gasteiger partial charge in [0.25, 0.3) is 0 Å². The van der Waals surface area contributed by atoms with Crippen LogP contribution in [0.1, 0.15) is 11.3 Å². The Hall–Kier alpha value is -2.43. The van der Waals surface area contributed by atoms with E-state index in [9.17, 15) is 4.79 Å². The summed E-state index contributed by atoms with van der Waals surface area (Å²) in [6.45, 7) is 2.33. The zero-order chi connectivity index (χ0) is 12.8. The molecule has 2 aromatic rings. The molecule has 0 aliphatic heterocycles. The number of pyridine rings is 2. The number of hydrogen-bond donors (Lipinski definition) is 2. The van der Waals surface area contributed by atoms with Crippen LogP contribution in [0.25, 0.3) is 0 Å². The number of aromatic nitrogens is 2. The smallest absolute Gasteiger partial charge is 0.320 e. The number of carbonyl (C=O) groups is 1. The molecule has 5 heteroatoms. The van der Waals surface area contributed by atoms with E-state index in [2.05, 4.69) is 20.6 Å². The molecule has 0 saturated heterocycles. The van der Waals surface area contributed by atoms with Crippen molar-refractivity contribution >= 4 is 11.8 Å². The highest BCUT2D eigenvalue weighted by molar-refractivity contribution is 5.88. The quantitative estimate of drug-likeness (QED) is 0.866. The van der Waals surface area contributed by atoms with E-state index in [1.807, 2.05) is 31.2 Å². The molecule has 5 nitrogen and oxygen atoms in total. The maximum atomic E-state index is 11.6. The van der Waals surface area contributed by atoms with Gasteiger partial charge in [-0.1, -0.05) is 12.1 Å². The molecule has 0 aromatic carbocycles. The van der Waals surface area contributed by atoms with Crippen LogP contribution in [-0.4, -0.2) is 16.0 Å². The van der Waals surface area contributed by atoms with Crippen molar-refractivity contribution < 1.29 is 4.79 Å². The molecule has 0 fully saturated rings. The molecular weight excluding hydrogens is 228 g/mol. The fourth-order valence-corrected chi connectivity index (χ4v) is 1.38. The van der Waals surface area contributed by atoms with Crippen LogP contribution in [0.4, 0.5) is 10.6 Å². The first-order valence-corrected chi connectivity index (χ1v) is 5.61. The number of carbonyl (C=O) groups excluding carboxylic acids is 1. The highest BCUT2D eigenvalue weighted by Gasteiger charge is 2.02. The average Bonchev–Trinajstić information content (AvgIpc) is 2.40. The lowest BCUT2D eigenvalue weighted by Gasteiger charge is -2.06. The summed E-state index contributed by atoms with van der Waals surface area (Å²) < 4.78 is 0. The van der Waals surface area contributed by atoms with Crippen molar-refractivity contribution in [3.63, 3.8) is 0 Å². The van der Waals surface area contributed by atoms with Gasteiger partial charge in [-0.15, -0.1) is 0 Å². The summed E-state index contributed by atoms with van der Waals surface area (Å²) in [5.74, 6) is 0.527. The number of amides is 2. The third kappa shape index (κ3) is 3.55. The lowest BCUT2D eigenvalue weighted by Crippen LogP contribution is -2.28. The molecule has 92 valence electrons. The molecule has 2 N–H and O–H groups in total. The summed E-state index contributed by atoms with van der Waals surface area (Å²) in [6, 6.07) is 8.92. The van der Waals surface area contributed by atoms with Gasteiger partial charge in [0.15, 0.2) is 0 Å². The topological polar surface area (TPSA) is 66.9 Å². The minimum Gasteiger partial charge on any atom is -0.332 e. The Bertz CT molecular complexity index is 510. The molecule has 0 radical (unpaired) electrons. The molecule has 2 rings (SSSR count). The van der Waals surface area contributed by atoms with Gasteiger partial charge >= 0.3 is 6.03 Å². The Morgan fingerprint density at radius 2 is 2.11 bits per heavy atom. The van der Waals surface area contributed by atoms with Crippen LogP contribution >= 0.6 is 0 Å². The standard InChI is InChI=1S/C13H14N4O/c1-10-5-6-12(15-8-10)17-13(18)16-9-11-4-2-3-7-14-11/h2-8H,9H2,1H3,(H2,15,16,17,18). The number of rotatable bonds is 3. The molecule has 2 amide bonds. The summed E-state index contributed by atoms with van der Waals surface area (Å²) in [7, 11) is 0. The first-order valence-electron chi connectivity index (χ1n) is 5.61. The van der Waals surface area contributed by atoms with Crippen LogP contribution in [0.3, 0.4) is 0 Å². The molecule has 2 aromatic heterocycles. The molecule has 0 spiro atoms. The fourth-order valence-electron chi connectivity index (χ4n) is 1.38. The molecule has 0 aliphatic rings. The number of hydrogen-bond acceptors (Lipinski definition) is 3. The lowest BCUT2D eigenvalue weighted by atomic mass is 10.3. The fraction of sp³-hybridized carbons (Fsp3) is 0.154. The van der Waals surface area contributed by atoms with Crippen molar-refractivity contribution in [2.75, 3.05) is 5.32 Å². The van der Waals surface area contributed by atoms with E-state index in [0.29, 0.717) is 12.4 Å². The maximum absolute atomic E-state index is 11.6. The zero-order valence-corrected chi connectivity index (χ0v) is 10.1. The Kier molecular flexibility index (Phi) is 3.86. The van der Waals surface area contributed by atoms with Gasteiger partial charge in [0.05, 0.1) is 12.2 Å². The largest absolute Gasteiger partial charge is 0.332 e. The molecule has 2 heterocycles. The van der Waals surface area contributed by atoms with E-state index in [1.165, 1.54) is 0 Å². The van der Waals surface area contributed by atoms with E-state index in [1.54, 1.807) is 18.5 Å². The van der Waals surface area contributed by atoms with Gasteiger partial charge in [-0.3, -0.25) is 10.3 Å². The Balaban J connectivity index is 1.84. The number of aryl methyl sites for hydroxylation is 1. The zero-order valence-electron chi connectivity index (χ0n) is 10.1. The molecule has 0 aliphatic carbocycles. The van der Waals surface area contributed by atoms with E-state index in [4.69, 9.17) is 0 Å². The van der Waals surface area contributed by atoms with Gasteiger partial charge < -0.3 is 5.32 Å². The number of nitrogens with zero attached hydrogens (tertiary/aromatic N) is 2. The average molecular weight is 242 g/mol. The van der Waals surface area contributed by atoms with E-state index >= 15 is 0 Å². The van der Waals surface area contributed by atoms with Gasteiger partial charge in [0.1, 0.15) is 5.82 Å². The van der Waals surface area contributed by atoms with Crippen LogP contribution in [-0.2, 0) is 6.54 Å². The normalized spacial score (nSPS) is 9.83. The third-order valence-corrected chi connectivity index (χ3v) is 2.31. The van der Waals surface area contributed by atoms with E-state index < -0.39 is 0 Å². The predicted molar refractivity (Wildman–Crippen MR) is 69.1 cm³/mol. The second kappa shape index (κ2) is 5.77. The summed E-state index contributed by atoms with van der Waals surface area (Å²) in [5.41, 5.74) is 1.86. The van der Waals surface area contributed by atoms with Crippen LogP contribution in [0, 0.1) is 6.92 Å². The van der Waals surface area contributed by atoms with Gasteiger partial charge in [-0.05, 0) is 30.7 Å². The van der Waals surface area contributed by atoms with Gasteiger partial charge in [-0.2, -0.15) is 0 Å². The summed E-state index contributed by atoms with van der Waals surface area (Å²) in [5, 5.41) is 5.36. The number of nitrogens with one attached hydrogen (secondary N) is 2. The SMILES string of the molecule is Cc1ccc(NC(=O)NCc2ccccn2)nc1. The molecule has 0 bridgehead atoms. The number of urea groups is 1. The summed E-state index contributed by atoms with van der Waals surface area (Å²) in [4.78, 5) is 19.8. The number of anilines is 1. The van der Waals surface area contributed by atoms with Crippen LogP contribution < -0.4 is 10.6 Å². The minimum atomic E-state index is -0.294. The maximum Gasteiger partial charge on any atom is 0.320 e. The van der Waals surface area contributed by atoms with Gasteiger partial charge in [-0.25, -0.2) is 9.78 Å².